The van der Waals surface area contributed by atoms with Crippen LogP contribution in [0.5, 0.6) is 0 Å². The largest absolute Gasteiger partial charge is 0.368 e. The van der Waals surface area contributed by atoms with Gasteiger partial charge in [-0.2, -0.15) is 5.10 Å². The zero-order valence-corrected chi connectivity index (χ0v) is 17.4. The first-order valence-corrected chi connectivity index (χ1v) is 10.6. The number of hydrazone groups is 1. The third-order valence-corrected chi connectivity index (χ3v) is 5.64. The van der Waals surface area contributed by atoms with Crippen LogP contribution in [0.15, 0.2) is 71.8 Å². The Morgan fingerprint density at radius 3 is 2.26 bits per heavy atom. The normalized spacial score (nSPS) is 19.6. The molecule has 2 aliphatic rings. The summed E-state index contributed by atoms with van der Waals surface area (Å²) in [5.74, 6) is -0.588. The Morgan fingerprint density at radius 1 is 0.968 bits per heavy atom. The van der Waals surface area contributed by atoms with Gasteiger partial charge in [-0.25, -0.2) is 0 Å². The minimum Gasteiger partial charge on any atom is -0.368 e. The molecule has 7 heteroatoms. The van der Waals surface area contributed by atoms with Crippen molar-refractivity contribution in [3.8, 4) is 0 Å². The lowest BCUT2D eigenvalue weighted by molar-refractivity contribution is -0.125. The molecule has 2 heterocycles. The fourth-order valence-electron chi connectivity index (χ4n) is 3.90. The van der Waals surface area contributed by atoms with Crippen molar-refractivity contribution in [2.24, 2.45) is 10.8 Å². The lowest BCUT2D eigenvalue weighted by atomic mass is 10.1. The van der Waals surface area contributed by atoms with Gasteiger partial charge in [-0.15, -0.1) is 0 Å². The molecular weight excluding hydrogens is 390 g/mol. The van der Waals surface area contributed by atoms with E-state index >= 15 is 0 Å². The number of para-hydroxylation sites is 1. The van der Waals surface area contributed by atoms with Crippen LogP contribution in [0.1, 0.15) is 12.0 Å². The second-order valence-corrected chi connectivity index (χ2v) is 7.75. The zero-order valence-electron chi connectivity index (χ0n) is 17.4. The summed E-state index contributed by atoms with van der Waals surface area (Å²) in [6, 6.07) is 18.9. The highest BCUT2D eigenvalue weighted by atomic mass is 16.2. The van der Waals surface area contributed by atoms with Gasteiger partial charge >= 0.3 is 0 Å². The summed E-state index contributed by atoms with van der Waals surface area (Å²) in [5, 5.41) is 6.04. The number of carbonyl (C=O) groups excluding carboxylic acids is 2. The lowest BCUT2D eigenvalue weighted by Gasteiger charge is -2.34. The number of carbonyl (C=O) groups is 2. The predicted molar refractivity (Wildman–Crippen MR) is 122 cm³/mol. The number of piperazine rings is 1. The van der Waals surface area contributed by atoms with E-state index in [0.717, 1.165) is 25.3 Å². The Kier molecular flexibility index (Phi) is 6.43. The third-order valence-electron chi connectivity index (χ3n) is 5.64. The number of primary amides is 1. The number of anilines is 1. The summed E-state index contributed by atoms with van der Waals surface area (Å²) < 4.78 is 0. The maximum Gasteiger partial charge on any atom is 0.270 e. The van der Waals surface area contributed by atoms with Crippen LogP contribution in [-0.2, 0) is 9.59 Å². The van der Waals surface area contributed by atoms with Gasteiger partial charge in [0.05, 0.1) is 5.69 Å². The fourth-order valence-corrected chi connectivity index (χ4v) is 3.90. The predicted octanol–water partition coefficient (Wildman–Crippen LogP) is 1.96. The zero-order chi connectivity index (χ0) is 21.6. The number of hydrogen-bond acceptors (Lipinski definition) is 5. The molecule has 0 spiro atoms. The van der Waals surface area contributed by atoms with Crippen molar-refractivity contribution < 1.29 is 9.59 Å². The van der Waals surface area contributed by atoms with Gasteiger partial charge in [0, 0.05) is 39.1 Å². The number of nitrogens with zero attached hydrogens (tertiary/aromatic N) is 4. The Balaban J connectivity index is 1.34. The van der Waals surface area contributed by atoms with Crippen LogP contribution in [0.4, 0.5) is 5.69 Å². The summed E-state index contributed by atoms with van der Waals surface area (Å²) in [7, 11) is 0. The van der Waals surface area contributed by atoms with Crippen LogP contribution in [0.2, 0.25) is 0 Å². The van der Waals surface area contributed by atoms with Crippen molar-refractivity contribution in [1.82, 2.24) is 9.80 Å². The van der Waals surface area contributed by atoms with E-state index in [2.05, 4.69) is 34.3 Å². The SMILES string of the molecule is NC(=O)C1CC(C(=O)N2CCN(C/C=C/c3ccccc3)CC2)=NN1c1ccccc1. The van der Waals surface area contributed by atoms with E-state index < -0.39 is 11.9 Å². The summed E-state index contributed by atoms with van der Waals surface area (Å²) in [6.45, 7) is 3.75. The molecule has 2 aromatic carbocycles. The van der Waals surface area contributed by atoms with Gasteiger partial charge in [0.15, 0.2) is 0 Å². The summed E-state index contributed by atoms with van der Waals surface area (Å²) in [5.41, 5.74) is 7.91. The lowest BCUT2D eigenvalue weighted by Crippen LogP contribution is -2.50. The van der Waals surface area contributed by atoms with Crippen LogP contribution in [0.3, 0.4) is 0 Å². The number of rotatable bonds is 6. The van der Waals surface area contributed by atoms with Crippen LogP contribution >= 0.6 is 0 Å². The quantitative estimate of drug-likeness (QED) is 0.779. The van der Waals surface area contributed by atoms with E-state index in [1.54, 1.807) is 5.01 Å². The summed E-state index contributed by atoms with van der Waals surface area (Å²) in [6.07, 6.45) is 4.51. The molecule has 160 valence electrons. The van der Waals surface area contributed by atoms with E-state index in [9.17, 15) is 9.59 Å². The maximum atomic E-state index is 13.0. The van der Waals surface area contributed by atoms with Gasteiger partial charge in [0.1, 0.15) is 11.8 Å². The molecule has 1 unspecified atom stereocenters. The molecule has 1 atom stereocenters. The van der Waals surface area contributed by atoms with Crippen molar-refractivity contribution in [2.75, 3.05) is 37.7 Å². The highest BCUT2D eigenvalue weighted by Crippen LogP contribution is 2.25. The minimum absolute atomic E-state index is 0.107. The van der Waals surface area contributed by atoms with Gasteiger partial charge in [0.2, 0.25) is 5.91 Å². The number of amides is 2. The van der Waals surface area contributed by atoms with Gasteiger partial charge in [-0.3, -0.25) is 19.5 Å². The third kappa shape index (κ3) is 5.00. The minimum atomic E-state index is -0.634. The molecule has 7 nitrogen and oxygen atoms in total. The van der Waals surface area contributed by atoms with Crippen LogP contribution in [0, 0.1) is 0 Å². The number of hydrogen-bond donors (Lipinski definition) is 1. The second-order valence-electron chi connectivity index (χ2n) is 7.75. The Morgan fingerprint density at radius 2 is 1.61 bits per heavy atom. The molecule has 0 radical (unpaired) electrons. The second kappa shape index (κ2) is 9.57. The van der Waals surface area contributed by atoms with E-state index in [-0.39, 0.29) is 12.3 Å². The van der Waals surface area contributed by atoms with Gasteiger partial charge in [-0.1, -0.05) is 60.7 Å². The fraction of sp³-hybridized carbons (Fsp3) is 0.292. The number of nitrogens with two attached hydrogens (primary N) is 1. The van der Waals surface area contributed by atoms with Crippen molar-refractivity contribution in [2.45, 2.75) is 12.5 Å². The van der Waals surface area contributed by atoms with Gasteiger partial charge < -0.3 is 10.6 Å². The Labute approximate surface area is 182 Å². The van der Waals surface area contributed by atoms with E-state index in [1.165, 1.54) is 5.56 Å². The van der Waals surface area contributed by atoms with E-state index in [0.29, 0.717) is 18.8 Å². The van der Waals surface area contributed by atoms with Crippen molar-refractivity contribution >= 4 is 29.3 Å². The van der Waals surface area contributed by atoms with E-state index in [1.807, 2.05) is 53.4 Å². The molecule has 31 heavy (non-hydrogen) atoms. The topological polar surface area (TPSA) is 82.2 Å². The summed E-state index contributed by atoms with van der Waals surface area (Å²) in [4.78, 5) is 29.1. The molecular formula is C24H27N5O2. The van der Waals surface area contributed by atoms with Crippen LogP contribution < -0.4 is 10.7 Å². The Hall–Kier alpha value is -3.45. The average Bonchev–Trinajstić information content (AvgIpc) is 3.26. The molecule has 2 amide bonds. The van der Waals surface area contributed by atoms with Crippen LogP contribution in [0.25, 0.3) is 6.08 Å². The molecule has 4 rings (SSSR count). The summed E-state index contributed by atoms with van der Waals surface area (Å²) >= 11 is 0. The molecule has 2 N–H and O–H groups in total. The standard InChI is InChI=1S/C24H27N5O2/c25-23(30)22-18-21(26-29(22)20-11-5-2-6-12-20)24(31)28-16-14-27(15-17-28)13-7-10-19-8-3-1-4-9-19/h1-12,22H,13-18H2,(H2,25,30)/b10-7+. The molecule has 0 aliphatic carbocycles. The van der Waals surface area contributed by atoms with Crippen LogP contribution in [-0.4, -0.2) is 66.1 Å². The maximum absolute atomic E-state index is 13.0. The molecule has 1 fully saturated rings. The van der Waals surface area contributed by atoms with Crippen molar-refractivity contribution in [3.63, 3.8) is 0 Å². The molecule has 0 saturated carbocycles. The first kappa shape index (κ1) is 20.8. The first-order valence-electron chi connectivity index (χ1n) is 10.6. The molecule has 0 aromatic heterocycles. The van der Waals surface area contributed by atoms with E-state index in [4.69, 9.17) is 5.73 Å². The molecule has 2 aromatic rings. The molecule has 1 saturated heterocycles. The number of benzene rings is 2. The smallest absolute Gasteiger partial charge is 0.270 e. The van der Waals surface area contributed by atoms with Crippen molar-refractivity contribution in [1.29, 1.82) is 0 Å². The van der Waals surface area contributed by atoms with Gasteiger partial charge in [-0.05, 0) is 17.7 Å². The Bertz CT molecular complexity index is 966. The molecule has 2 aliphatic heterocycles. The monoisotopic (exact) mass is 417 g/mol. The van der Waals surface area contributed by atoms with Crippen molar-refractivity contribution in [3.05, 3.63) is 72.3 Å². The molecule has 0 bridgehead atoms. The average molecular weight is 418 g/mol. The highest BCUT2D eigenvalue weighted by Gasteiger charge is 2.37. The highest BCUT2D eigenvalue weighted by molar-refractivity contribution is 6.40. The first-order chi connectivity index (χ1) is 15.1. The van der Waals surface area contributed by atoms with Gasteiger partial charge in [0.25, 0.3) is 5.91 Å².